The summed E-state index contributed by atoms with van der Waals surface area (Å²) in [6.45, 7) is 11.2. The minimum atomic E-state index is -1.89. The van der Waals surface area contributed by atoms with Crippen LogP contribution in [0, 0.1) is 0 Å². The average molecular weight is 460 g/mol. The Morgan fingerprint density at radius 1 is 0.821 bits per heavy atom. The van der Waals surface area contributed by atoms with E-state index in [1.807, 2.05) is 0 Å². The van der Waals surface area contributed by atoms with Gasteiger partial charge in [0.25, 0.3) is 0 Å². The molecule has 1 aliphatic rings. The molecule has 0 radical (unpaired) electrons. The third kappa shape index (κ3) is 3.85. The first-order valence-corrected chi connectivity index (χ1v) is 12.6. The van der Waals surface area contributed by atoms with Gasteiger partial charge in [0, 0.05) is 0 Å². The van der Waals surface area contributed by atoms with Gasteiger partial charge in [0.15, 0.2) is 0 Å². The zero-order chi connectivity index (χ0) is 20.8. The van der Waals surface area contributed by atoms with Gasteiger partial charge < -0.3 is 0 Å². The predicted octanol–water partition coefficient (Wildman–Crippen LogP) is 3.80. The first-order chi connectivity index (χ1) is 13.0. The number of rotatable bonds is 4. The third-order valence-corrected chi connectivity index (χ3v) is 10.1. The van der Waals surface area contributed by atoms with E-state index in [4.69, 9.17) is 0 Å². The van der Waals surface area contributed by atoms with Crippen LogP contribution in [0.15, 0.2) is 36.4 Å². The van der Waals surface area contributed by atoms with Gasteiger partial charge in [-0.25, -0.2) is 0 Å². The molecule has 2 aromatic carbocycles. The molecule has 0 atom stereocenters. The van der Waals surface area contributed by atoms with Gasteiger partial charge in [0.1, 0.15) is 0 Å². The van der Waals surface area contributed by atoms with E-state index in [-0.39, 0.29) is 5.54 Å². The molecule has 3 nitrogen and oxygen atoms in total. The van der Waals surface area contributed by atoms with Crippen LogP contribution in [-0.4, -0.2) is 40.6 Å². The first kappa shape index (κ1) is 21.3. The van der Waals surface area contributed by atoms with E-state index in [1.165, 1.54) is 38.4 Å². The molecule has 0 amide bonds. The van der Waals surface area contributed by atoms with Crippen molar-refractivity contribution >= 4 is 15.2 Å². The Balaban J connectivity index is 2.51. The second kappa shape index (κ2) is 7.78. The Hall–Kier alpha value is -1.41. The summed E-state index contributed by atoms with van der Waals surface area (Å²) < 4.78 is 6.52. The maximum atomic E-state index is 3.76. The Morgan fingerprint density at radius 2 is 1.39 bits per heavy atom. The molecule has 0 saturated carbocycles. The van der Waals surface area contributed by atoms with Crippen molar-refractivity contribution in [2.45, 2.75) is 40.2 Å². The van der Waals surface area contributed by atoms with Crippen molar-refractivity contribution in [1.29, 1.82) is 0 Å². The molecule has 4 heteroatoms. The molecule has 0 fully saturated rings. The van der Waals surface area contributed by atoms with Crippen molar-refractivity contribution in [1.82, 2.24) is 6.92 Å². The van der Waals surface area contributed by atoms with Crippen molar-refractivity contribution in [2.75, 3.05) is 33.5 Å². The fourth-order valence-corrected chi connectivity index (χ4v) is 9.31. The number of nitrogens with zero attached hydrogens (tertiary/aromatic N) is 2. The number of nitrogens with one attached hydrogen (secondary N) is 1. The minimum absolute atomic E-state index is 0.0204. The summed E-state index contributed by atoms with van der Waals surface area (Å²) in [4.78, 5) is 0. The molecule has 1 aliphatic carbocycles. The topological polar surface area (TPSA) is 18.5 Å². The fourth-order valence-electron chi connectivity index (χ4n) is 4.02. The molecule has 0 aliphatic heterocycles. The van der Waals surface area contributed by atoms with Crippen LogP contribution in [0.3, 0.4) is 0 Å². The quantitative estimate of drug-likeness (QED) is 0.701. The van der Waals surface area contributed by atoms with Crippen molar-refractivity contribution in [3.63, 3.8) is 0 Å². The second-order valence-electron chi connectivity index (χ2n) is 9.05. The molecular formula is C24H34MoN3. The van der Waals surface area contributed by atoms with Gasteiger partial charge in [-0.15, -0.1) is 0 Å². The van der Waals surface area contributed by atoms with Crippen LogP contribution in [0.4, 0.5) is 5.69 Å². The van der Waals surface area contributed by atoms with E-state index in [1.54, 1.807) is 3.96 Å². The Bertz CT molecular complexity index is 1000. The predicted molar refractivity (Wildman–Crippen MR) is 119 cm³/mol. The molecule has 0 heterocycles. The molecular weight excluding hydrogens is 426 g/mol. The summed E-state index contributed by atoms with van der Waals surface area (Å²) in [5.41, 5.74) is 6.82. The van der Waals surface area contributed by atoms with Crippen molar-refractivity contribution in [3.05, 3.63) is 52.4 Å². The van der Waals surface area contributed by atoms with E-state index in [2.05, 4.69) is 111 Å². The van der Waals surface area contributed by atoms with Crippen LogP contribution in [-0.2, 0) is 17.8 Å². The number of fused-ring (bicyclic) bond motifs is 3. The monoisotopic (exact) mass is 462 g/mol. The summed E-state index contributed by atoms with van der Waals surface area (Å²) in [6, 6.07) is 13.6. The van der Waals surface area contributed by atoms with Gasteiger partial charge >= 0.3 is 177 Å². The van der Waals surface area contributed by atoms with E-state index in [9.17, 15) is 0 Å². The molecule has 0 aromatic heterocycles. The molecule has 28 heavy (non-hydrogen) atoms. The van der Waals surface area contributed by atoms with Crippen molar-refractivity contribution in [2.24, 2.45) is 0 Å². The second-order valence-corrected chi connectivity index (χ2v) is 14.9. The van der Waals surface area contributed by atoms with Crippen LogP contribution in [0.25, 0.3) is 20.7 Å². The number of hydrogen-bond acceptors (Lipinski definition) is 3. The van der Waals surface area contributed by atoms with E-state index in [0.717, 1.165) is 0 Å². The number of hydrogen-bond donors (Lipinski definition) is 1. The zero-order valence-corrected chi connectivity index (χ0v) is 20.8. The van der Waals surface area contributed by atoms with Gasteiger partial charge in [-0.3, -0.25) is 0 Å². The molecule has 0 saturated heterocycles. The standard InChI is InChI=1S/C20H22N.2C2H6N.Mo/c1-13(2)19-17-12-14-8-6-7-9-15(14)16(17)10-11-18(19)21-20(3,4)5;2*1-3-2;/h6-11,21H,1-5H3;2*1-2H3;/q;2*-1;+2. The number of benzene rings is 2. The van der Waals surface area contributed by atoms with E-state index >= 15 is 0 Å². The molecule has 3 rings (SSSR count). The van der Waals surface area contributed by atoms with Crippen LogP contribution in [0.2, 0.25) is 0 Å². The Kier molecular flexibility index (Phi) is 5.92. The summed E-state index contributed by atoms with van der Waals surface area (Å²) in [5.74, 6) is 0. The van der Waals surface area contributed by atoms with E-state index in [0.29, 0.717) is 0 Å². The summed E-state index contributed by atoms with van der Waals surface area (Å²) in [5, 5.41) is 6.60. The summed E-state index contributed by atoms with van der Waals surface area (Å²) in [7, 11) is 8.96. The van der Waals surface area contributed by atoms with Gasteiger partial charge in [-0.1, -0.05) is 0 Å². The van der Waals surface area contributed by atoms with Gasteiger partial charge in [0.05, 0.1) is 0 Å². The molecule has 151 valence electrons. The van der Waals surface area contributed by atoms with Crippen LogP contribution in [0.5, 0.6) is 0 Å². The molecule has 2 aromatic rings. The van der Waals surface area contributed by atoms with E-state index < -0.39 is 17.8 Å². The van der Waals surface area contributed by atoms with Gasteiger partial charge in [0.2, 0.25) is 0 Å². The van der Waals surface area contributed by atoms with Crippen LogP contribution in [0.1, 0.15) is 40.2 Å². The fraction of sp³-hybridized carbons (Fsp3) is 0.417. The molecule has 0 unspecified atom stereocenters. The normalized spacial score (nSPS) is 13.4. The third-order valence-electron chi connectivity index (χ3n) is 4.78. The van der Waals surface area contributed by atoms with Crippen LogP contribution < -0.4 is 15.8 Å². The van der Waals surface area contributed by atoms with Gasteiger partial charge in [-0.05, 0) is 0 Å². The van der Waals surface area contributed by atoms with Gasteiger partial charge in [-0.2, -0.15) is 0 Å². The van der Waals surface area contributed by atoms with Crippen molar-refractivity contribution in [3.8, 4) is 11.1 Å². The Morgan fingerprint density at radius 3 is 1.89 bits per heavy atom. The summed E-state index contributed by atoms with van der Waals surface area (Å²) >= 11 is -1.89. The SMILES string of the molecule is CC(C)=c1c(NC(C)(C)C)ccc2c1=[C]([Mo]([N](C)C)[N](C)C)c1ccccc1-2. The Labute approximate surface area is 176 Å². The first-order valence-electron chi connectivity index (χ1n) is 9.85. The summed E-state index contributed by atoms with van der Waals surface area (Å²) in [6.07, 6.45) is 0. The average Bonchev–Trinajstić information content (AvgIpc) is 2.87. The molecule has 1 N–H and O–H groups in total. The molecule has 0 spiro atoms. The number of anilines is 1. The van der Waals surface area contributed by atoms with Crippen LogP contribution >= 0.6 is 0 Å². The maximum absolute atomic E-state index is 3.76. The molecule has 0 bridgehead atoms. The van der Waals surface area contributed by atoms with Crippen molar-refractivity contribution < 1.29 is 17.8 Å². The zero-order valence-electron chi connectivity index (χ0n) is 18.8.